The maximum Gasteiger partial charge on any atom is 0.159 e. The molecule has 2 aromatic carbocycles. The number of rotatable bonds is 4. The van der Waals surface area contributed by atoms with Crippen molar-refractivity contribution in [1.29, 1.82) is 0 Å². The predicted molar refractivity (Wildman–Crippen MR) is 92.9 cm³/mol. The van der Waals surface area contributed by atoms with Gasteiger partial charge in [-0.3, -0.25) is 0 Å². The molecule has 0 aliphatic rings. The van der Waals surface area contributed by atoms with Crippen molar-refractivity contribution in [3.63, 3.8) is 0 Å². The monoisotopic (exact) mass is 335 g/mol. The average Bonchev–Trinajstić information content (AvgIpc) is 3.28. The Morgan fingerprint density at radius 3 is 2.48 bits per heavy atom. The van der Waals surface area contributed by atoms with Crippen LogP contribution in [-0.4, -0.2) is 14.5 Å². The summed E-state index contributed by atoms with van der Waals surface area (Å²) >= 11 is 0. The molecule has 1 N–H and O–H groups in total. The zero-order valence-corrected chi connectivity index (χ0v) is 13.3. The van der Waals surface area contributed by atoms with Crippen LogP contribution in [0.15, 0.2) is 73.3 Å². The van der Waals surface area contributed by atoms with Crippen molar-refractivity contribution in [3.8, 4) is 22.5 Å². The van der Waals surface area contributed by atoms with Crippen molar-refractivity contribution in [3.05, 3.63) is 90.5 Å². The maximum absolute atomic E-state index is 13.7. The van der Waals surface area contributed by atoms with E-state index < -0.39 is 11.6 Å². The lowest BCUT2D eigenvalue weighted by Crippen LogP contribution is -2.00. The Balaban J connectivity index is 1.83. The standard InChI is InChI=1S/C20H15F2N3/c21-17-7-6-15(10-18(17)22)19-20(16-8-9-23-11-16)25(13-24-19)12-14-4-2-1-3-5-14/h1-11,13,23H,12H2. The summed E-state index contributed by atoms with van der Waals surface area (Å²) in [6, 6.07) is 15.8. The van der Waals surface area contributed by atoms with Gasteiger partial charge in [0.05, 0.1) is 17.7 Å². The zero-order chi connectivity index (χ0) is 17.2. The molecule has 0 bridgehead atoms. The maximum atomic E-state index is 13.7. The summed E-state index contributed by atoms with van der Waals surface area (Å²) in [5.74, 6) is -1.74. The Morgan fingerprint density at radius 2 is 1.76 bits per heavy atom. The van der Waals surface area contributed by atoms with Crippen LogP contribution in [0, 0.1) is 11.6 Å². The lowest BCUT2D eigenvalue weighted by atomic mass is 10.1. The number of nitrogens with zero attached hydrogens (tertiary/aromatic N) is 2. The first kappa shape index (κ1) is 15.3. The van der Waals surface area contributed by atoms with E-state index in [0.29, 0.717) is 17.8 Å². The van der Waals surface area contributed by atoms with E-state index in [4.69, 9.17) is 0 Å². The number of H-pyrrole nitrogens is 1. The smallest absolute Gasteiger partial charge is 0.159 e. The van der Waals surface area contributed by atoms with Gasteiger partial charge >= 0.3 is 0 Å². The van der Waals surface area contributed by atoms with Crippen molar-refractivity contribution in [2.75, 3.05) is 0 Å². The Labute approximate surface area is 143 Å². The van der Waals surface area contributed by atoms with Crippen LogP contribution in [0.25, 0.3) is 22.5 Å². The Hall–Kier alpha value is -3.21. The molecule has 3 nitrogen and oxygen atoms in total. The van der Waals surface area contributed by atoms with Gasteiger partial charge in [0, 0.05) is 30.1 Å². The van der Waals surface area contributed by atoms with Crippen LogP contribution in [0.4, 0.5) is 8.78 Å². The molecule has 5 heteroatoms. The van der Waals surface area contributed by atoms with Crippen LogP contribution in [-0.2, 0) is 6.54 Å². The first-order valence-electron chi connectivity index (χ1n) is 7.90. The third-order valence-corrected chi connectivity index (χ3v) is 4.10. The lowest BCUT2D eigenvalue weighted by Gasteiger charge is -2.10. The molecule has 25 heavy (non-hydrogen) atoms. The van der Waals surface area contributed by atoms with Crippen LogP contribution in [0.3, 0.4) is 0 Å². The summed E-state index contributed by atoms with van der Waals surface area (Å²) < 4.78 is 29.0. The van der Waals surface area contributed by atoms with E-state index in [2.05, 4.69) is 9.97 Å². The molecular weight excluding hydrogens is 320 g/mol. The molecular formula is C20H15F2N3. The quantitative estimate of drug-likeness (QED) is 0.567. The molecule has 0 radical (unpaired) electrons. The molecule has 0 aliphatic heterocycles. The van der Waals surface area contributed by atoms with E-state index in [1.54, 1.807) is 12.4 Å². The second-order valence-corrected chi connectivity index (χ2v) is 5.78. The highest BCUT2D eigenvalue weighted by molar-refractivity contribution is 5.78. The molecule has 2 aromatic heterocycles. The largest absolute Gasteiger partial charge is 0.367 e. The second-order valence-electron chi connectivity index (χ2n) is 5.78. The Morgan fingerprint density at radius 1 is 0.920 bits per heavy atom. The number of halogens is 2. The summed E-state index contributed by atoms with van der Waals surface area (Å²) in [5, 5.41) is 0. The van der Waals surface area contributed by atoms with Gasteiger partial charge in [0.2, 0.25) is 0 Å². The third-order valence-electron chi connectivity index (χ3n) is 4.10. The number of hydrogen-bond donors (Lipinski definition) is 1. The van der Waals surface area contributed by atoms with Crippen molar-refractivity contribution in [2.45, 2.75) is 6.54 Å². The number of aromatic amines is 1. The number of benzene rings is 2. The van der Waals surface area contributed by atoms with Crippen molar-refractivity contribution in [2.24, 2.45) is 0 Å². The highest BCUT2D eigenvalue weighted by Crippen LogP contribution is 2.32. The van der Waals surface area contributed by atoms with Gasteiger partial charge in [-0.05, 0) is 29.8 Å². The molecule has 0 saturated carbocycles. The minimum atomic E-state index is -0.880. The fraction of sp³-hybridized carbons (Fsp3) is 0.0500. The molecule has 0 saturated heterocycles. The van der Waals surface area contributed by atoms with Gasteiger partial charge in [0.1, 0.15) is 0 Å². The molecule has 0 fully saturated rings. The van der Waals surface area contributed by atoms with E-state index in [-0.39, 0.29) is 0 Å². The first-order chi connectivity index (χ1) is 12.2. The normalized spacial score (nSPS) is 11.0. The van der Waals surface area contributed by atoms with E-state index >= 15 is 0 Å². The van der Waals surface area contributed by atoms with Crippen LogP contribution in [0.1, 0.15) is 5.56 Å². The molecule has 0 atom stereocenters. The molecule has 0 amide bonds. The highest BCUT2D eigenvalue weighted by Gasteiger charge is 2.17. The van der Waals surface area contributed by atoms with Gasteiger partial charge in [-0.15, -0.1) is 0 Å². The van der Waals surface area contributed by atoms with Gasteiger partial charge in [-0.25, -0.2) is 13.8 Å². The molecule has 124 valence electrons. The molecule has 0 aliphatic carbocycles. The topological polar surface area (TPSA) is 33.6 Å². The van der Waals surface area contributed by atoms with Crippen LogP contribution < -0.4 is 0 Å². The van der Waals surface area contributed by atoms with Crippen molar-refractivity contribution in [1.82, 2.24) is 14.5 Å². The molecule has 4 rings (SSSR count). The summed E-state index contributed by atoms with van der Waals surface area (Å²) in [6.45, 7) is 0.637. The fourth-order valence-electron chi connectivity index (χ4n) is 2.91. The third kappa shape index (κ3) is 2.96. The minimum absolute atomic E-state index is 0.543. The van der Waals surface area contributed by atoms with Crippen LogP contribution in [0.2, 0.25) is 0 Å². The number of imidazole rings is 1. The zero-order valence-electron chi connectivity index (χ0n) is 13.3. The highest BCUT2D eigenvalue weighted by atomic mass is 19.2. The van der Waals surface area contributed by atoms with E-state index in [1.165, 1.54) is 6.07 Å². The minimum Gasteiger partial charge on any atom is -0.367 e. The number of hydrogen-bond acceptors (Lipinski definition) is 1. The summed E-state index contributed by atoms with van der Waals surface area (Å²) in [7, 11) is 0. The molecule has 4 aromatic rings. The lowest BCUT2D eigenvalue weighted by molar-refractivity contribution is 0.509. The van der Waals surface area contributed by atoms with Crippen molar-refractivity contribution < 1.29 is 8.78 Å². The summed E-state index contributed by atoms with van der Waals surface area (Å²) in [4.78, 5) is 7.50. The summed E-state index contributed by atoms with van der Waals surface area (Å²) in [6.07, 6.45) is 5.41. The van der Waals surface area contributed by atoms with E-state index in [0.717, 1.165) is 22.9 Å². The summed E-state index contributed by atoms with van der Waals surface area (Å²) in [5.41, 5.74) is 4.09. The first-order valence-corrected chi connectivity index (χ1v) is 7.90. The van der Waals surface area contributed by atoms with E-state index in [9.17, 15) is 8.78 Å². The van der Waals surface area contributed by atoms with Gasteiger partial charge in [-0.2, -0.15) is 0 Å². The van der Waals surface area contributed by atoms with Gasteiger partial charge in [0.25, 0.3) is 0 Å². The van der Waals surface area contributed by atoms with E-state index in [1.807, 2.05) is 53.4 Å². The molecule has 2 heterocycles. The van der Waals surface area contributed by atoms with Gasteiger partial charge in [0.15, 0.2) is 11.6 Å². The molecule has 0 unspecified atom stereocenters. The SMILES string of the molecule is Fc1ccc(-c2ncn(Cc3ccccc3)c2-c2cc[nH]c2)cc1F. The number of nitrogens with one attached hydrogen (secondary N) is 1. The Kier molecular flexibility index (Phi) is 3.90. The molecule has 0 spiro atoms. The second kappa shape index (κ2) is 6.36. The predicted octanol–water partition coefficient (Wildman–Crippen LogP) is 4.87. The van der Waals surface area contributed by atoms with Crippen LogP contribution in [0.5, 0.6) is 0 Å². The fourth-order valence-corrected chi connectivity index (χ4v) is 2.91. The number of aromatic nitrogens is 3. The van der Waals surface area contributed by atoms with Crippen molar-refractivity contribution >= 4 is 0 Å². The Bertz CT molecular complexity index is 989. The average molecular weight is 335 g/mol. The van der Waals surface area contributed by atoms with Gasteiger partial charge in [-0.1, -0.05) is 30.3 Å². The van der Waals surface area contributed by atoms with Gasteiger partial charge < -0.3 is 9.55 Å². The van der Waals surface area contributed by atoms with Crippen LogP contribution >= 0.6 is 0 Å².